The Morgan fingerprint density at radius 2 is 1.27 bits per heavy atom. The lowest BCUT2D eigenvalue weighted by atomic mass is 10.0. The van der Waals surface area contributed by atoms with Crippen molar-refractivity contribution < 1.29 is 34.3 Å². The van der Waals surface area contributed by atoms with E-state index in [1.807, 2.05) is 0 Å². The van der Waals surface area contributed by atoms with Crippen molar-refractivity contribution in [1.29, 1.82) is 0 Å². The summed E-state index contributed by atoms with van der Waals surface area (Å²) in [7, 11) is -9.46. The molecule has 0 saturated heterocycles. The van der Waals surface area contributed by atoms with Gasteiger partial charge in [0.2, 0.25) is 0 Å². The molecule has 0 aromatic rings. The smallest absolute Gasteiger partial charge is 0.264 e. The van der Waals surface area contributed by atoms with E-state index in [-0.39, 0.29) is 6.42 Å². The number of unbranched alkanes of at least 4 members (excludes halogenated alkanes) is 6. The molecule has 0 aliphatic carbocycles. The van der Waals surface area contributed by atoms with Crippen LogP contribution in [-0.2, 0) is 29.2 Å². The third-order valence-corrected chi connectivity index (χ3v) is 4.17. The summed E-state index contributed by atoms with van der Waals surface area (Å²) in [6.07, 6.45) is 4.70. The molecule has 0 aliphatic rings. The van der Waals surface area contributed by atoms with Crippen LogP contribution in [0.2, 0.25) is 0 Å². The summed E-state index contributed by atoms with van der Waals surface area (Å²) >= 11 is 0. The van der Waals surface area contributed by atoms with Crippen LogP contribution in [0, 0.1) is 0 Å². The van der Waals surface area contributed by atoms with Crippen molar-refractivity contribution in [3.8, 4) is 0 Å². The molecule has 2 unspecified atom stereocenters. The topological polar surface area (TPSA) is 127 Å². The zero-order chi connectivity index (χ0) is 17.2. The number of hydrogen-bond donors (Lipinski definition) is 2. The molecular formula is C12H26O8S2. The van der Waals surface area contributed by atoms with Gasteiger partial charge in [0.1, 0.15) is 12.2 Å². The maximum Gasteiger partial charge on any atom is 0.397 e. The fraction of sp³-hybridized carbons (Fsp3) is 1.00. The molecule has 2 N–H and O–H groups in total. The highest BCUT2D eigenvalue weighted by Gasteiger charge is 2.27. The van der Waals surface area contributed by atoms with Crippen LogP contribution in [-0.4, -0.2) is 38.1 Å². The molecule has 0 saturated carbocycles. The molecule has 0 amide bonds. The van der Waals surface area contributed by atoms with Gasteiger partial charge < -0.3 is 0 Å². The fourth-order valence-electron chi connectivity index (χ4n) is 2.07. The summed E-state index contributed by atoms with van der Waals surface area (Å²) in [5.74, 6) is 0. The van der Waals surface area contributed by atoms with Gasteiger partial charge in [-0.25, -0.2) is 8.37 Å². The van der Waals surface area contributed by atoms with Crippen molar-refractivity contribution in [2.45, 2.75) is 77.4 Å². The van der Waals surface area contributed by atoms with Crippen molar-refractivity contribution in [2.24, 2.45) is 0 Å². The van der Waals surface area contributed by atoms with Crippen molar-refractivity contribution in [1.82, 2.24) is 0 Å². The summed E-state index contributed by atoms with van der Waals surface area (Å²) in [4.78, 5) is 0. The first-order valence-corrected chi connectivity index (χ1v) is 10.1. The summed E-state index contributed by atoms with van der Waals surface area (Å²) in [5.41, 5.74) is 0. The van der Waals surface area contributed by atoms with Crippen molar-refractivity contribution in [3.05, 3.63) is 0 Å². The summed E-state index contributed by atoms with van der Waals surface area (Å²) in [6, 6.07) is 0. The van der Waals surface area contributed by atoms with Crippen molar-refractivity contribution >= 4 is 20.8 Å². The maximum absolute atomic E-state index is 10.8. The summed E-state index contributed by atoms with van der Waals surface area (Å²) in [6.45, 7) is 3.36. The maximum atomic E-state index is 10.8. The molecule has 2 atom stereocenters. The highest BCUT2D eigenvalue weighted by molar-refractivity contribution is 7.81. The van der Waals surface area contributed by atoms with Crippen LogP contribution in [0.5, 0.6) is 0 Å². The molecule has 8 nitrogen and oxygen atoms in total. The van der Waals surface area contributed by atoms with E-state index in [0.29, 0.717) is 6.42 Å². The zero-order valence-corrected chi connectivity index (χ0v) is 14.6. The minimum Gasteiger partial charge on any atom is -0.264 e. The lowest BCUT2D eigenvalue weighted by molar-refractivity contribution is 0.0501. The lowest BCUT2D eigenvalue weighted by Gasteiger charge is -2.21. The Bertz CT molecular complexity index is 485. The highest BCUT2D eigenvalue weighted by Crippen LogP contribution is 2.17. The van der Waals surface area contributed by atoms with E-state index in [1.165, 1.54) is 13.3 Å². The second-order valence-electron chi connectivity index (χ2n) is 5.20. The van der Waals surface area contributed by atoms with Crippen LogP contribution >= 0.6 is 0 Å². The second kappa shape index (κ2) is 10.5. The monoisotopic (exact) mass is 362 g/mol. The van der Waals surface area contributed by atoms with E-state index >= 15 is 0 Å². The van der Waals surface area contributed by atoms with E-state index in [9.17, 15) is 16.8 Å². The standard InChI is InChI=1S/C12H26O8S2/c1-3-4-5-6-7-8-9-10-12(20-22(16,17)18)11(2)19-21(13,14)15/h11-12H,3-10H2,1-2H3,(H,13,14,15)(H,16,17,18). The van der Waals surface area contributed by atoms with Gasteiger partial charge in [0.15, 0.2) is 0 Å². The van der Waals surface area contributed by atoms with Gasteiger partial charge in [0.25, 0.3) is 0 Å². The van der Waals surface area contributed by atoms with Crippen LogP contribution < -0.4 is 0 Å². The first-order valence-electron chi connectivity index (χ1n) is 7.36. The minimum absolute atomic E-state index is 0.185. The Hall–Kier alpha value is -0.260. The van der Waals surface area contributed by atoms with Crippen LogP contribution in [0.15, 0.2) is 0 Å². The quantitative estimate of drug-likeness (QED) is 0.378. The van der Waals surface area contributed by atoms with Gasteiger partial charge in [0, 0.05) is 0 Å². The van der Waals surface area contributed by atoms with E-state index < -0.39 is 33.0 Å². The van der Waals surface area contributed by atoms with Gasteiger partial charge in [-0.3, -0.25) is 9.11 Å². The van der Waals surface area contributed by atoms with Crippen LogP contribution in [0.3, 0.4) is 0 Å². The predicted molar refractivity (Wildman–Crippen MR) is 81.1 cm³/mol. The number of hydrogen-bond acceptors (Lipinski definition) is 6. The number of rotatable bonds is 13. The van der Waals surface area contributed by atoms with Gasteiger partial charge in [-0.1, -0.05) is 51.9 Å². The fourth-order valence-corrected chi connectivity index (χ4v) is 3.15. The SMILES string of the molecule is CCCCCCCCCC(OS(=O)(=O)O)C(C)OS(=O)(=O)O. The molecule has 0 aliphatic heterocycles. The lowest BCUT2D eigenvalue weighted by Crippen LogP contribution is -2.33. The van der Waals surface area contributed by atoms with E-state index in [1.54, 1.807) is 0 Å². The highest BCUT2D eigenvalue weighted by atomic mass is 32.3. The van der Waals surface area contributed by atoms with Gasteiger partial charge in [-0.2, -0.15) is 16.8 Å². The van der Waals surface area contributed by atoms with Gasteiger partial charge in [-0.05, 0) is 13.3 Å². The van der Waals surface area contributed by atoms with E-state index in [2.05, 4.69) is 15.3 Å². The van der Waals surface area contributed by atoms with E-state index in [0.717, 1.165) is 32.1 Å². The molecule has 0 rings (SSSR count). The first kappa shape index (κ1) is 21.7. The Labute approximate surface area is 133 Å². The van der Waals surface area contributed by atoms with Crippen LogP contribution in [0.4, 0.5) is 0 Å². The van der Waals surface area contributed by atoms with Gasteiger partial charge >= 0.3 is 20.8 Å². The molecule has 10 heteroatoms. The minimum atomic E-state index is -4.74. The molecule has 22 heavy (non-hydrogen) atoms. The van der Waals surface area contributed by atoms with Crippen LogP contribution in [0.25, 0.3) is 0 Å². The third kappa shape index (κ3) is 13.4. The second-order valence-corrected chi connectivity index (χ2v) is 7.30. The van der Waals surface area contributed by atoms with Crippen molar-refractivity contribution in [3.63, 3.8) is 0 Å². The molecule has 0 spiro atoms. The molecule has 0 aromatic heterocycles. The van der Waals surface area contributed by atoms with Crippen molar-refractivity contribution in [2.75, 3.05) is 0 Å². The molecule has 0 bridgehead atoms. The molecule has 0 radical (unpaired) electrons. The predicted octanol–water partition coefficient (Wildman–Crippen LogP) is 2.52. The normalized spacial score (nSPS) is 15.6. The summed E-state index contributed by atoms with van der Waals surface area (Å²) < 4.78 is 68.9. The molecule has 0 fully saturated rings. The van der Waals surface area contributed by atoms with Crippen LogP contribution in [0.1, 0.15) is 65.2 Å². The molecule has 0 heterocycles. The Morgan fingerprint density at radius 1 is 0.818 bits per heavy atom. The molecule has 0 aromatic carbocycles. The average molecular weight is 362 g/mol. The largest absolute Gasteiger partial charge is 0.397 e. The Balaban J connectivity index is 4.31. The summed E-state index contributed by atoms with van der Waals surface area (Å²) in [5, 5.41) is 0. The Morgan fingerprint density at radius 3 is 1.73 bits per heavy atom. The molecule has 134 valence electrons. The zero-order valence-electron chi connectivity index (χ0n) is 13.0. The molecular weight excluding hydrogens is 336 g/mol. The first-order chi connectivity index (χ1) is 10.0. The Kier molecular flexibility index (Phi) is 10.4. The van der Waals surface area contributed by atoms with Gasteiger partial charge in [0.05, 0.1) is 0 Å². The average Bonchev–Trinajstić information content (AvgIpc) is 2.32. The van der Waals surface area contributed by atoms with Gasteiger partial charge in [-0.15, -0.1) is 0 Å². The van der Waals surface area contributed by atoms with E-state index in [4.69, 9.17) is 9.11 Å². The third-order valence-electron chi connectivity index (χ3n) is 3.13.